The lowest BCUT2D eigenvalue weighted by molar-refractivity contribution is 0.382. The van der Waals surface area contributed by atoms with Gasteiger partial charge < -0.3 is 18.3 Å². The van der Waals surface area contributed by atoms with E-state index in [4.69, 9.17) is 19.4 Å². The van der Waals surface area contributed by atoms with E-state index >= 15 is 0 Å². The van der Waals surface area contributed by atoms with Crippen molar-refractivity contribution in [1.82, 2.24) is 0 Å². The van der Waals surface area contributed by atoms with Gasteiger partial charge in [0.1, 0.15) is 5.75 Å². The highest BCUT2D eigenvalue weighted by Crippen LogP contribution is 2.38. The van der Waals surface area contributed by atoms with Gasteiger partial charge in [-0.25, -0.2) is 0 Å². The van der Waals surface area contributed by atoms with Crippen molar-refractivity contribution < 1.29 is 51.5 Å². The first-order valence-electron chi connectivity index (χ1n) is 6.01. The fourth-order valence-corrected chi connectivity index (χ4v) is 2.96. The Hall–Kier alpha value is -2.37. The second-order valence-corrected chi connectivity index (χ2v) is 7.63. The summed E-state index contributed by atoms with van der Waals surface area (Å²) in [5, 5.41) is -0.303. The molecule has 16 heteroatoms. The van der Waals surface area contributed by atoms with E-state index in [0.717, 1.165) is 18.2 Å². The van der Waals surface area contributed by atoms with Gasteiger partial charge in [0.05, 0.1) is 5.69 Å². The van der Waals surface area contributed by atoms with Gasteiger partial charge in [0.25, 0.3) is 0 Å². The summed E-state index contributed by atoms with van der Waals surface area (Å²) in [4.78, 5) is 0. The van der Waals surface area contributed by atoms with Gasteiger partial charge in [-0.1, -0.05) is 0 Å². The molecular weight excluding hydrogens is 422 g/mol. The molecule has 144 valence electrons. The Kier molecular flexibility index (Phi) is 4.92. The molecule has 5 N–H and O–H groups in total. The number of hydrogen-bond acceptors (Lipinski definition) is 10. The Morgan fingerprint density at radius 1 is 0.692 bits per heavy atom. The molecule has 0 radical (unpaired) electrons. The van der Waals surface area contributed by atoms with E-state index in [9.17, 15) is 25.3 Å². The highest BCUT2D eigenvalue weighted by molar-refractivity contribution is 7.81. The van der Waals surface area contributed by atoms with Crippen LogP contribution in [0.15, 0.2) is 24.3 Å². The molecule has 0 saturated heterocycles. The number of nitrogen functional groups attached to an aromatic ring is 1. The SMILES string of the molecule is Nc1cc2c(OS(=O)(=O)O)cc(OS(=O)(=O)O)cc2cc1OS(=O)(=O)O. The fraction of sp³-hybridized carbons (Fsp3) is 0. The lowest BCUT2D eigenvalue weighted by atomic mass is 10.1. The Balaban J connectivity index is 2.76. The third-order valence-corrected chi connectivity index (χ3v) is 3.79. The molecule has 0 aliphatic carbocycles. The van der Waals surface area contributed by atoms with Gasteiger partial charge in [0.15, 0.2) is 11.5 Å². The molecule has 0 unspecified atom stereocenters. The summed E-state index contributed by atoms with van der Waals surface area (Å²) < 4.78 is 104. The molecule has 0 saturated carbocycles. The van der Waals surface area contributed by atoms with Gasteiger partial charge in [-0.2, -0.15) is 25.3 Å². The highest BCUT2D eigenvalue weighted by atomic mass is 32.3. The zero-order chi connectivity index (χ0) is 19.9. The first-order chi connectivity index (χ1) is 11.6. The summed E-state index contributed by atoms with van der Waals surface area (Å²) >= 11 is 0. The molecule has 2 aromatic carbocycles. The number of fused-ring (bicyclic) bond motifs is 1. The zero-order valence-electron chi connectivity index (χ0n) is 12.1. The van der Waals surface area contributed by atoms with E-state index in [-0.39, 0.29) is 10.8 Å². The van der Waals surface area contributed by atoms with Crippen molar-refractivity contribution in [3.63, 3.8) is 0 Å². The Labute approximate surface area is 146 Å². The van der Waals surface area contributed by atoms with Crippen LogP contribution < -0.4 is 18.3 Å². The molecule has 0 amide bonds. The van der Waals surface area contributed by atoms with Crippen molar-refractivity contribution in [2.24, 2.45) is 0 Å². The fourth-order valence-electron chi connectivity index (χ4n) is 1.88. The summed E-state index contributed by atoms with van der Waals surface area (Å²) in [7, 11) is -15.0. The monoisotopic (exact) mass is 431 g/mol. The molecule has 2 aromatic rings. The van der Waals surface area contributed by atoms with Gasteiger partial charge in [0.2, 0.25) is 0 Å². The van der Waals surface area contributed by atoms with Crippen molar-refractivity contribution in [3.05, 3.63) is 24.3 Å². The van der Waals surface area contributed by atoms with Crippen LogP contribution in [0.2, 0.25) is 0 Å². The quantitative estimate of drug-likeness (QED) is 0.349. The Morgan fingerprint density at radius 2 is 1.19 bits per heavy atom. The number of hydrogen-bond donors (Lipinski definition) is 4. The van der Waals surface area contributed by atoms with Crippen molar-refractivity contribution in [2.45, 2.75) is 0 Å². The third kappa shape index (κ3) is 5.58. The second kappa shape index (κ2) is 6.41. The number of benzene rings is 2. The highest BCUT2D eigenvalue weighted by Gasteiger charge is 2.19. The molecule has 26 heavy (non-hydrogen) atoms. The van der Waals surface area contributed by atoms with Crippen LogP contribution in [0.4, 0.5) is 5.69 Å². The molecule has 0 fully saturated rings. The predicted molar refractivity (Wildman–Crippen MR) is 84.9 cm³/mol. The van der Waals surface area contributed by atoms with Crippen LogP contribution >= 0.6 is 0 Å². The zero-order valence-corrected chi connectivity index (χ0v) is 14.6. The maximum absolute atomic E-state index is 10.9. The third-order valence-electron chi connectivity index (χ3n) is 2.61. The molecule has 0 spiro atoms. The lowest BCUT2D eigenvalue weighted by Crippen LogP contribution is -2.10. The first-order valence-corrected chi connectivity index (χ1v) is 10.1. The Morgan fingerprint density at radius 3 is 1.69 bits per heavy atom. The molecule has 0 bridgehead atoms. The van der Waals surface area contributed by atoms with E-state index < -0.39 is 54.1 Å². The van der Waals surface area contributed by atoms with Crippen LogP contribution in [-0.4, -0.2) is 38.9 Å². The van der Waals surface area contributed by atoms with Crippen molar-refractivity contribution in [3.8, 4) is 17.2 Å². The predicted octanol–water partition coefficient (Wildman–Crippen LogP) is -0.0332. The van der Waals surface area contributed by atoms with E-state index in [0.29, 0.717) is 6.07 Å². The molecule has 0 aliphatic heterocycles. The standard InChI is InChI=1S/C10H9NO12S3/c11-8-4-7-5(2-10(8)23-26(18,19)20)1-6(21-24(12,13)14)3-9(7)22-25(15,16)17/h1-4H,11H2,(H,12,13,14)(H,15,16,17)(H,18,19,20). The van der Waals surface area contributed by atoms with Gasteiger partial charge in [-0.15, -0.1) is 0 Å². The van der Waals surface area contributed by atoms with Crippen LogP contribution in [0.1, 0.15) is 0 Å². The smallest absolute Gasteiger partial charge is 0.396 e. The van der Waals surface area contributed by atoms with E-state index in [1.54, 1.807) is 0 Å². The molecule has 0 aliphatic rings. The minimum absolute atomic E-state index is 0.148. The Bertz CT molecular complexity index is 1180. The van der Waals surface area contributed by atoms with Crippen molar-refractivity contribution >= 4 is 47.7 Å². The minimum atomic E-state index is -5.06. The summed E-state index contributed by atoms with van der Waals surface area (Å²) in [6.07, 6.45) is 0. The second-order valence-electron chi connectivity index (χ2n) is 4.57. The maximum atomic E-state index is 10.9. The lowest BCUT2D eigenvalue weighted by Gasteiger charge is -2.12. The average Bonchev–Trinajstić information content (AvgIpc) is 2.35. The molecule has 13 nitrogen and oxygen atoms in total. The normalized spacial score (nSPS) is 12.7. The molecule has 0 atom stereocenters. The molecular formula is C10H9NO12S3. The van der Waals surface area contributed by atoms with Crippen LogP contribution in [0.5, 0.6) is 17.2 Å². The van der Waals surface area contributed by atoms with Gasteiger partial charge in [-0.3, -0.25) is 13.7 Å². The topological polar surface area (TPSA) is 217 Å². The van der Waals surface area contributed by atoms with Gasteiger partial charge in [0, 0.05) is 11.5 Å². The van der Waals surface area contributed by atoms with Crippen molar-refractivity contribution in [2.75, 3.05) is 5.73 Å². The van der Waals surface area contributed by atoms with E-state index in [1.807, 2.05) is 0 Å². The molecule has 0 aromatic heterocycles. The van der Waals surface area contributed by atoms with Crippen LogP contribution in [-0.2, 0) is 31.2 Å². The van der Waals surface area contributed by atoms with Crippen LogP contribution in [0.3, 0.4) is 0 Å². The van der Waals surface area contributed by atoms with Crippen LogP contribution in [0, 0.1) is 0 Å². The first kappa shape index (κ1) is 19.9. The van der Waals surface area contributed by atoms with Gasteiger partial charge >= 0.3 is 31.2 Å². The summed E-state index contributed by atoms with van der Waals surface area (Å²) in [6, 6.07) is 3.42. The van der Waals surface area contributed by atoms with E-state index in [1.165, 1.54) is 0 Å². The summed E-state index contributed by atoms with van der Waals surface area (Å²) in [6.45, 7) is 0. The van der Waals surface area contributed by atoms with Crippen molar-refractivity contribution in [1.29, 1.82) is 0 Å². The summed E-state index contributed by atoms with van der Waals surface area (Å²) in [5.74, 6) is -1.93. The number of anilines is 1. The summed E-state index contributed by atoms with van der Waals surface area (Å²) in [5.41, 5.74) is 5.14. The number of nitrogens with two attached hydrogens (primary N) is 1. The largest absolute Gasteiger partial charge is 0.446 e. The number of rotatable bonds is 6. The van der Waals surface area contributed by atoms with Crippen LogP contribution in [0.25, 0.3) is 10.8 Å². The van der Waals surface area contributed by atoms with Gasteiger partial charge in [-0.05, 0) is 23.6 Å². The van der Waals surface area contributed by atoms with E-state index in [2.05, 4.69) is 12.5 Å². The molecule has 0 heterocycles. The average molecular weight is 431 g/mol. The minimum Gasteiger partial charge on any atom is -0.396 e. The molecule has 2 rings (SSSR count). The maximum Gasteiger partial charge on any atom is 0.446 e.